The first-order valence-corrected chi connectivity index (χ1v) is 7.35. The maximum absolute atomic E-state index is 12.1. The summed E-state index contributed by atoms with van der Waals surface area (Å²) in [6.07, 6.45) is 0.138. The van der Waals surface area contributed by atoms with E-state index in [0.29, 0.717) is 0 Å². The van der Waals surface area contributed by atoms with Crippen molar-refractivity contribution in [2.45, 2.75) is 26.0 Å². The lowest BCUT2D eigenvalue weighted by Crippen LogP contribution is -2.60. The summed E-state index contributed by atoms with van der Waals surface area (Å²) in [5.41, 5.74) is 0. The molecule has 2 rings (SSSR count). The fraction of sp³-hybridized carbons (Fsp3) is 0.562. The Morgan fingerprint density at radius 1 is 1.43 bits per heavy atom. The highest BCUT2D eigenvalue weighted by Crippen LogP contribution is 2.23. The Kier molecular flexibility index (Phi) is 5.07. The number of hydrogen-bond donors (Lipinski definition) is 0. The standard InChI is InChI=1S/C16H24N2O3/c1-5-17(3)16(19)12(2)18-10-15(11-18)21-14-8-6-7-13(9-14)20-4/h6-9,12,15H,5,10-11H2,1-4H3/t12-/m1/s1. The molecule has 0 unspecified atom stereocenters. The minimum absolute atomic E-state index is 0.0832. The van der Waals surface area contributed by atoms with Crippen molar-refractivity contribution in [1.29, 1.82) is 0 Å². The van der Waals surface area contributed by atoms with E-state index in [1.807, 2.05) is 45.2 Å². The maximum atomic E-state index is 12.1. The van der Waals surface area contributed by atoms with E-state index in [0.717, 1.165) is 31.1 Å². The first-order valence-electron chi connectivity index (χ1n) is 7.35. The molecular formula is C16H24N2O3. The number of carbonyl (C=O) groups is 1. The third-order valence-electron chi connectivity index (χ3n) is 3.98. The number of amides is 1. The van der Waals surface area contributed by atoms with Crippen molar-refractivity contribution >= 4 is 5.91 Å². The van der Waals surface area contributed by atoms with Gasteiger partial charge < -0.3 is 14.4 Å². The van der Waals surface area contributed by atoms with Gasteiger partial charge in [-0.15, -0.1) is 0 Å². The maximum Gasteiger partial charge on any atom is 0.239 e. The SMILES string of the molecule is CCN(C)C(=O)[C@@H](C)N1CC(Oc2cccc(OC)c2)C1. The van der Waals surface area contributed by atoms with Gasteiger partial charge in [0.2, 0.25) is 5.91 Å². The smallest absolute Gasteiger partial charge is 0.239 e. The van der Waals surface area contributed by atoms with Gasteiger partial charge in [0.25, 0.3) is 0 Å². The van der Waals surface area contributed by atoms with Crippen molar-refractivity contribution in [3.63, 3.8) is 0 Å². The van der Waals surface area contributed by atoms with Gasteiger partial charge in [-0.1, -0.05) is 6.07 Å². The molecule has 1 fully saturated rings. The lowest BCUT2D eigenvalue weighted by atomic mass is 10.1. The van der Waals surface area contributed by atoms with Crippen LogP contribution < -0.4 is 9.47 Å². The second kappa shape index (κ2) is 6.80. The largest absolute Gasteiger partial charge is 0.497 e. The van der Waals surface area contributed by atoms with Crippen LogP contribution >= 0.6 is 0 Å². The number of carbonyl (C=O) groups excluding carboxylic acids is 1. The van der Waals surface area contributed by atoms with Crippen LogP contribution in [0.5, 0.6) is 11.5 Å². The summed E-state index contributed by atoms with van der Waals surface area (Å²) in [6, 6.07) is 7.51. The van der Waals surface area contributed by atoms with E-state index in [4.69, 9.17) is 9.47 Å². The van der Waals surface area contributed by atoms with Gasteiger partial charge in [-0.2, -0.15) is 0 Å². The number of ether oxygens (including phenoxy) is 2. The molecule has 1 heterocycles. The summed E-state index contributed by atoms with van der Waals surface area (Å²) in [7, 11) is 3.48. The molecule has 0 saturated carbocycles. The second-order valence-corrected chi connectivity index (χ2v) is 5.40. The molecule has 0 aromatic heterocycles. The zero-order valence-corrected chi connectivity index (χ0v) is 13.2. The Morgan fingerprint density at radius 2 is 2.10 bits per heavy atom. The molecule has 1 amide bonds. The van der Waals surface area contributed by atoms with Crippen molar-refractivity contribution in [3.8, 4) is 11.5 Å². The first kappa shape index (κ1) is 15.6. The lowest BCUT2D eigenvalue weighted by Gasteiger charge is -2.42. The van der Waals surface area contributed by atoms with Crippen molar-refractivity contribution in [1.82, 2.24) is 9.80 Å². The van der Waals surface area contributed by atoms with Crippen LogP contribution in [0, 0.1) is 0 Å². The van der Waals surface area contributed by atoms with Gasteiger partial charge in [-0.3, -0.25) is 9.69 Å². The lowest BCUT2D eigenvalue weighted by molar-refractivity contribution is -0.138. The average Bonchev–Trinajstić information content (AvgIpc) is 2.48. The predicted octanol–water partition coefficient (Wildman–Crippen LogP) is 1.62. The fourth-order valence-corrected chi connectivity index (χ4v) is 2.36. The van der Waals surface area contributed by atoms with E-state index in [1.54, 1.807) is 12.0 Å². The van der Waals surface area contributed by atoms with E-state index in [1.165, 1.54) is 0 Å². The molecule has 1 saturated heterocycles. The highest BCUT2D eigenvalue weighted by atomic mass is 16.5. The van der Waals surface area contributed by atoms with E-state index in [9.17, 15) is 4.79 Å². The van der Waals surface area contributed by atoms with Crippen LogP contribution in [0.2, 0.25) is 0 Å². The van der Waals surface area contributed by atoms with Gasteiger partial charge >= 0.3 is 0 Å². The van der Waals surface area contributed by atoms with Gasteiger partial charge in [0.05, 0.1) is 13.2 Å². The van der Waals surface area contributed by atoms with Crippen LogP contribution in [0.4, 0.5) is 0 Å². The summed E-state index contributed by atoms with van der Waals surface area (Å²) in [5.74, 6) is 1.76. The fourth-order valence-electron chi connectivity index (χ4n) is 2.36. The molecule has 0 radical (unpaired) electrons. The van der Waals surface area contributed by atoms with Crippen molar-refractivity contribution in [3.05, 3.63) is 24.3 Å². The topological polar surface area (TPSA) is 42.0 Å². The van der Waals surface area contributed by atoms with E-state index < -0.39 is 0 Å². The monoisotopic (exact) mass is 292 g/mol. The predicted molar refractivity (Wildman–Crippen MR) is 81.8 cm³/mol. The van der Waals surface area contributed by atoms with Crippen LogP contribution in [0.1, 0.15) is 13.8 Å². The molecule has 0 spiro atoms. The summed E-state index contributed by atoms with van der Waals surface area (Å²) in [6.45, 7) is 6.23. The van der Waals surface area contributed by atoms with E-state index in [2.05, 4.69) is 4.90 Å². The van der Waals surface area contributed by atoms with E-state index in [-0.39, 0.29) is 18.1 Å². The molecule has 1 atom stereocenters. The van der Waals surface area contributed by atoms with Gasteiger partial charge in [0.1, 0.15) is 17.6 Å². The van der Waals surface area contributed by atoms with Gasteiger partial charge in [-0.05, 0) is 26.0 Å². The third kappa shape index (κ3) is 3.67. The number of methoxy groups -OCH3 is 1. The number of likely N-dealkylation sites (tertiary alicyclic amines) is 1. The summed E-state index contributed by atoms with van der Waals surface area (Å²) in [4.78, 5) is 16.0. The molecule has 0 aliphatic carbocycles. The zero-order valence-electron chi connectivity index (χ0n) is 13.2. The molecule has 5 heteroatoms. The zero-order chi connectivity index (χ0) is 15.4. The Labute approximate surface area is 126 Å². The quantitative estimate of drug-likeness (QED) is 0.799. The number of rotatable bonds is 6. The molecular weight excluding hydrogens is 268 g/mol. The van der Waals surface area contributed by atoms with Crippen molar-refractivity contribution in [2.75, 3.05) is 33.8 Å². The van der Waals surface area contributed by atoms with Crippen molar-refractivity contribution < 1.29 is 14.3 Å². The molecule has 0 N–H and O–H groups in total. The summed E-state index contributed by atoms with van der Waals surface area (Å²) < 4.78 is 11.1. The minimum Gasteiger partial charge on any atom is -0.497 e. The van der Waals surface area contributed by atoms with Gasteiger partial charge in [0.15, 0.2) is 0 Å². The Hall–Kier alpha value is -1.75. The van der Waals surface area contributed by atoms with Crippen LogP contribution in [0.3, 0.4) is 0 Å². The van der Waals surface area contributed by atoms with Crippen molar-refractivity contribution in [2.24, 2.45) is 0 Å². The minimum atomic E-state index is -0.0832. The highest BCUT2D eigenvalue weighted by Gasteiger charge is 2.35. The van der Waals surface area contributed by atoms with Crippen LogP contribution in [0.25, 0.3) is 0 Å². The first-order chi connectivity index (χ1) is 10.0. The Balaban J connectivity index is 1.82. The van der Waals surface area contributed by atoms with Gasteiger partial charge in [0, 0.05) is 32.7 Å². The van der Waals surface area contributed by atoms with Crippen LogP contribution in [-0.4, -0.2) is 61.6 Å². The molecule has 1 aliphatic rings. The molecule has 21 heavy (non-hydrogen) atoms. The van der Waals surface area contributed by atoms with Crippen LogP contribution in [-0.2, 0) is 4.79 Å². The normalized spacial score (nSPS) is 17.0. The summed E-state index contributed by atoms with van der Waals surface area (Å²) in [5, 5.41) is 0. The van der Waals surface area contributed by atoms with E-state index >= 15 is 0 Å². The number of hydrogen-bond acceptors (Lipinski definition) is 4. The summed E-state index contributed by atoms with van der Waals surface area (Å²) >= 11 is 0. The average molecular weight is 292 g/mol. The Bertz CT molecular complexity index is 486. The third-order valence-corrected chi connectivity index (χ3v) is 3.98. The molecule has 1 aliphatic heterocycles. The second-order valence-electron chi connectivity index (χ2n) is 5.40. The molecule has 116 valence electrons. The molecule has 1 aromatic rings. The number of likely N-dealkylation sites (N-methyl/N-ethyl adjacent to an activating group) is 1. The number of benzene rings is 1. The molecule has 1 aromatic carbocycles. The molecule has 0 bridgehead atoms. The highest BCUT2D eigenvalue weighted by molar-refractivity contribution is 5.81. The van der Waals surface area contributed by atoms with Gasteiger partial charge in [-0.25, -0.2) is 0 Å². The molecule has 5 nitrogen and oxygen atoms in total. The number of nitrogens with zero attached hydrogens (tertiary/aromatic N) is 2. The Morgan fingerprint density at radius 3 is 2.71 bits per heavy atom. The van der Waals surface area contributed by atoms with Crippen LogP contribution in [0.15, 0.2) is 24.3 Å².